The molecule has 35 heavy (non-hydrogen) atoms. The van der Waals surface area contributed by atoms with Crippen LogP contribution in [0.2, 0.25) is 0 Å². The van der Waals surface area contributed by atoms with Crippen molar-refractivity contribution in [3.63, 3.8) is 0 Å². The number of aliphatic hydroxyl groups is 3. The lowest BCUT2D eigenvalue weighted by atomic mass is 9.50. The van der Waals surface area contributed by atoms with Crippen LogP contribution in [0.5, 0.6) is 0 Å². The molecule has 3 N–H and O–H groups in total. The third-order valence-corrected chi connectivity index (χ3v) is 9.97. The lowest BCUT2D eigenvalue weighted by molar-refractivity contribution is -0.126. The Morgan fingerprint density at radius 3 is 2.43 bits per heavy atom. The zero-order valence-electron chi connectivity index (χ0n) is 21.2. The van der Waals surface area contributed by atoms with Gasteiger partial charge >= 0.3 is 0 Å². The SMILES string of the molecule is CC(C)(C)c1ccc(C2C[C@@]3(C)[C@@H](C[C@@H](O)[C@@]3(O)C#CCl)[C@@H]3CC[C@@]4(O)CC(=O)CCC4=C23)cc1. The molecule has 4 aliphatic rings. The molecule has 188 valence electrons. The molecular weight excluding hydrogens is 460 g/mol. The van der Waals surface area contributed by atoms with Crippen LogP contribution in [-0.2, 0) is 10.2 Å². The number of benzene rings is 1. The average molecular weight is 497 g/mol. The summed E-state index contributed by atoms with van der Waals surface area (Å²) in [7, 11) is 0. The van der Waals surface area contributed by atoms with Crippen molar-refractivity contribution in [2.75, 3.05) is 0 Å². The zero-order chi connectivity index (χ0) is 25.4. The van der Waals surface area contributed by atoms with Gasteiger partial charge in [0.1, 0.15) is 5.78 Å². The number of carbonyl (C=O) groups excluding carboxylic acids is 1. The van der Waals surface area contributed by atoms with Gasteiger partial charge in [0, 0.05) is 29.6 Å². The Hall–Kier alpha value is -1.64. The summed E-state index contributed by atoms with van der Waals surface area (Å²) in [6, 6.07) is 8.72. The van der Waals surface area contributed by atoms with Crippen molar-refractivity contribution in [3.05, 3.63) is 46.5 Å². The Balaban J connectivity index is 1.69. The van der Waals surface area contributed by atoms with Crippen molar-refractivity contribution >= 4 is 17.4 Å². The molecule has 0 amide bonds. The van der Waals surface area contributed by atoms with Gasteiger partial charge in [-0.3, -0.25) is 4.79 Å². The number of allylic oxidation sites excluding steroid dienone is 1. The number of ketones is 1. The third-order valence-electron chi connectivity index (χ3n) is 9.88. The Morgan fingerprint density at radius 2 is 1.80 bits per heavy atom. The number of hydrogen-bond donors (Lipinski definition) is 3. The van der Waals surface area contributed by atoms with Crippen LogP contribution in [0.25, 0.3) is 0 Å². The fourth-order valence-electron chi connectivity index (χ4n) is 7.93. The molecule has 7 atom stereocenters. The lowest BCUT2D eigenvalue weighted by Crippen LogP contribution is -2.55. The standard InChI is InChI=1S/C30H37ClO4/c1-27(2,3)19-7-5-18(6-8-19)22-17-28(4)24(15-25(33)30(28,35)13-14-31)21-11-12-29(34)16-20(32)9-10-23(29)26(21)22/h5-8,21-22,24-25,33-35H,9-12,15-17H2,1-4H3/t21-,22?,24-,25+,28-,29+,30-/m0/s1. The van der Waals surface area contributed by atoms with Gasteiger partial charge < -0.3 is 15.3 Å². The second kappa shape index (κ2) is 8.18. The van der Waals surface area contributed by atoms with Gasteiger partial charge in [0.2, 0.25) is 0 Å². The van der Waals surface area contributed by atoms with Crippen molar-refractivity contribution in [1.29, 1.82) is 0 Å². The predicted molar refractivity (Wildman–Crippen MR) is 137 cm³/mol. The fraction of sp³-hybridized carbons (Fsp3) is 0.633. The molecule has 1 unspecified atom stereocenters. The van der Waals surface area contributed by atoms with Crippen molar-refractivity contribution in [1.82, 2.24) is 0 Å². The number of carbonyl (C=O) groups is 1. The first kappa shape index (κ1) is 25.0. The van der Waals surface area contributed by atoms with Gasteiger partial charge in [-0.15, -0.1) is 0 Å². The molecule has 4 nitrogen and oxygen atoms in total. The molecule has 0 spiro atoms. The van der Waals surface area contributed by atoms with E-state index >= 15 is 0 Å². The number of Topliss-reactive ketones (excluding diaryl/α,β-unsaturated/α-hetero) is 1. The molecule has 5 heteroatoms. The Bertz CT molecular complexity index is 1140. The molecule has 0 bridgehead atoms. The number of rotatable bonds is 1. The first-order valence-electron chi connectivity index (χ1n) is 13.0. The second-order valence-corrected chi connectivity index (χ2v) is 12.9. The van der Waals surface area contributed by atoms with Crippen LogP contribution < -0.4 is 0 Å². The Labute approximate surface area is 213 Å². The highest BCUT2D eigenvalue weighted by Gasteiger charge is 2.67. The lowest BCUT2D eigenvalue weighted by Gasteiger charge is -2.55. The molecule has 0 aromatic heterocycles. The van der Waals surface area contributed by atoms with E-state index in [1.165, 1.54) is 11.1 Å². The quantitative estimate of drug-likeness (QED) is 0.378. The van der Waals surface area contributed by atoms with Gasteiger partial charge in [-0.1, -0.05) is 57.5 Å². The smallest absolute Gasteiger partial charge is 0.157 e. The minimum Gasteiger partial charge on any atom is -0.389 e. The van der Waals surface area contributed by atoms with Crippen LogP contribution in [0.15, 0.2) is 35.4 Å². The molecule has 0 radical (unpaired) electrons. The first-order valence-corrected chi connectivity index (χ1v) is 13.3. The highest BCUT2D eigenvalue weighted by Crippen LogP contribution is 2.67. The van der Waals surface area contributed by atoms with E-state index < -0.39 is 22.7 Å². The molecule has 1 aromatic rings. The van der Waals surface area contributed by atoms with Gasteiger partial charge in [-0.2, -0.15) is 0 Å². The molecular formula is C30H37ClO4. The van der Waals surface area contributed by atoms with E-state index in [0.29, 0.717) is 32.1 Å². The summed E-state index contributed by atoms with van der Waals surface area (Å²) < 4.78 is 0. The maximum atomic E-state index is 12.3. The molecule has 3 saturated carbocycles. The van der Waals surface area contributed by atoms with E-state index in [1.807, 2.05) is 0 Å². The molecule has 4 aliphatic carbocycles. The number of hydrogen-bond acceptors (Lipinski definition) is 4. The Kier molecular flexibility index (Phi) is 5.85. The normalized spacial score (nSPS) is 41.0. The second-order valence-electron chi connectivity index (χ2n) is 12.7. The van der Waals surface area contributed by atoms with E-state index in [4.69, 9.17) is 11.6 Å². The third kappa shape index (κ3) is 3.65. The van der Waals surface area contributed by atoms with Gasteiger partial charge in [0.05, 0.1) is 11.7 Å². The van der Waals surface area contributed by atoms with Crippen molar-refractivity contribution in [3.8, 4) is 11.3 Å². The van der Waals surface area contributed by atoms with Gasteiger partial charge in [-0.05, 0) is 83.6 Å². The summed E-state index contributed by atoms with van der Waals surface area (Å²) in [5, 5.41) is 36.8. The molecule has 0 heterocycles. The highest BCUT2D eigenvalue weighted by molar-refractivity contribution is 6.30. The maximum absolute atomic E-state index is 12.3. The van der Waals surface area contributed by atoms with E-state index in [-0.39, 0.29) is 35.4 Å². The van der Waals surface area contributed by atoms with Crippen molar-refractivity contribution in [2.45, 2.75) is 101 Å². The summed E-state index contributed by atoms with van der Waals surface area (Å²) >= 11 is 5.80. The summed E-state index contributed by atoms with van der Waals surface area (Å²) in [5.41, 5.74) is 1.40. The fourth-order valence-corrected chi connectivity index (χ4v) is 8.07. The summed E-state index contributed by atoms with van der Waals surface area (Å²) in [6.07, 6.45) is 2.60. The van der Waals surface area contributed by atoms with Crippen molar-refractivity contribution < 1.29 is 20.1 Å². The molecule has 1 aromatic carbocycles. The van der Waals surface area contributed by atoms with E-state index in [0.717, 1.165) is 17.6 Å². The molecule has 5 rings (SSSR count). The minimum atomic E-state index is -1.59. The predicted octanol–water partition coefficient (Wildman–Crippen LogP) is 4.98. The monoisotopic (exact) mass is 496 g/mol. The maximum Gasteiger partial charge on any atom is 0.157 e. The zero-order valence-corrected chi connectivity index (χ0v) is 22.0. The van der Waals surface area contributed by atoms with Crippen molar-refractivity contribution in [2.24, 2.45) is 17.3 Å². The largest absolute Gasteiger partial charge is 0.389 e. The van der Waals surface area contributed by atoms with Crippen LogP contribution in [0.3, 0.4) is 0 Å². The van der Waals surface area contributed by atoms with Gasteiger partial charge in [0.25, 0.3) is 0 Å². The highest BCUT2D eigenvalue weighted by atomic mass is 35.5. The average Bonchev–Trinajstić information content (AvgIpc) is 2.98. The molecule has 3 fully saturated rings. The number of fused-ring (bicyclic) bond motifs is 4. The number of aliphatic hydroxyl groups excluding tert-OH is 1. The summed E-state index contributed by atoms with van der Waals surface area (Å²) in [6.45, 7) is 8.64. The summed E-state index contributed by atoms with van der Waals surface area (Å²) in [4.78, 5) is 12.3. The molecule has 0 saturated heterocycles. The molecule has 0 aliphatic heterocycles. The van der Waals surface area contributed by atoms with E-state index in [2.05, 4.69) is 63.3 Å². The van der Waals surface area contributed by atoms with Crippen LogP contribution in [0.4, 0.5) is 0 Å². The van der Waals surface area contributed by atoms with E-state index in [9.17, 15) is 20.1 Å². The van der Waals surface area contributed by atoms with Crippen LogP contribution in [0.1, 0.15) is 89.7 Å². The van der Waals surface area contributed by atoms with E-state index in [1.54, 1.807) is 0 Å². The van der Waals surface area contributed by atoms with Crippen LogP contribution in [-0.4, -0.2) is 38.4 Å². The van der Waals surface area contributed by atoms with Crippen LogP contribution >= 0.6 is 11.6 Å². The minimum absolute atomic E-state index is 0.0230. The topological polar surface area (TPSA) is 77.8 Å². The van der Waals surface area contributed by atoms with Crippen LogP contribution in [0, 0.1) is 28.6 Å². The Morgan fingerprint density at radius 1 is 1.11 bits per heavy atom. The first-order chi connectivity index (χ1) is 16.3. The summed E-state index contributed by atoms with van der Waals surface area (Å²) in [5.74, 6) is 3.03. The van der Waals surface area contributed by atoms with Gasteiger partial charge in [0.15, 0.2) is 5.60 Å². The number of halogens is 1. The van der Waals surface area contributed by atoms with Gasteiger partial charge in [-0.25, -0.2) is 0 Å².